The number of benzene rings is 1. The Hall–Kier alpha value is -1.86. The maximum absolute atomic E-state index is 10.9. The molecule has 0 aliphatic carbocycles. The average Bonchev–Trinajstić information content (AvgIpc) is 2.44. The Labute approximate surface area is 124 Å². The van der Waals surface area contributed by atoms with Crippen molar-refractivity contribution in [1.82, 2.24) is 9.97 Å². The minimum atomic E-state index is -0.405. The van der Waals surface area contributed by atoms with Gasteiger partial charge < -0.3 is 5.32 Å². The summed E-state index contributed by atoms with van der Waals surface area (Å²) in [5.74, 6) is 0.535. The molecule has 0 atom stereocenters. The third-order valence-corrected chi connectivity index (χ3v) is 3.25. The first-order valence-corrected chi connectivity index (χ1v) is 7.25. The minimum Gasteiger partial charge on any atom is -0.366 e. The summed E-state index contributed by atoms with van der Waals surface area (Å²) in [4.78, 5) is 18.8. The molecule has 0 bridgehead atoms. The number of anilines is 1. The monoisotopic (exact) mass is 310 g/mol. The Kier molecular flexibility index (Phi) is 4.75. The van der Waals surface area contributed by atoms with E-state index in [2.05, 4.69) is 15.3 Å². The highest BCUT2D eigenvalue weighted by Crippen LogP contribution is 2.21. The van der Waals surface area contributed by atoms with E-state index in [0.717, 1.165) is 0 Å². The summed E-state index contributed by atoms with van der Waals surface area (Å²) < 4.78 is 0. The highest BCUT2D eigenvalue weighted by molar-refractivity contribution is 7.98. The molecular formula is C12H11ClN4O2S. The van der Waals surface area contributed by atoms with E-state index in [0.29, 0.717) is 21.7 Å². The van der Waals surface area contributed by atoms with Gasteiger partial charge in [-0.2, -0.15) is 0 Å². The smallest absolute Gasteiger partial charge is 0.274 e. The summed E-state index contributed by atoms with van der Waals surface area (Å²) in [6.07, 6.45) is 1.84. The Morgan fingerprint density at radius 2 is 2.15 bits per heavy atom. The maximum atomic E-state index is 10.9. The van der Waals surface area contributed by atoms with Crippen LogP contribution in [-0.4, -0.2) is 21.1 Å². The van der Waals surface area contributed by atoms with Crippen LogP contribution in [-0.2, 0) is 6.54 Å². The first-order chi connectivity index (χ1) is 9.60. The number of para-hydroxylation sites is 1. The number of aromatic nitrogens is 2. The summed E-state index contributed by atoms with van der Waals surface area (Å²) in [5, 5.41) is 14.8. The molecule has 1 N–H and O–H groups in total. The number of thioether (sulfide) groups is 1. The number of hydrogen-bond acceptors (Lipinski definition) is 6. The van der Waals surface area contributed by atoms with Crippen molar-refractivity contribution in [2.75, 3.05) is 11.6 Å². The van der Waals surface area contributed by atoms with Gasteiger partial charge in [-0.1, -0.05) is 41.6 Å². The fourth-order valence-electron chi connectivity index (χ4n) is 1.60. The molecule has 1 aromatic heterocycles. The van der Waals surface area contributed by atoms with E-state index in [1.165, 1.54) is 17.8 Å². The molecule has 0 saturated heterocycles. The molecule has 0 saturated carbocycles. The lowest BCUT2D eigenvalue weighted by Crippen LogP contribution is -2.05. The second kappa shape index (κ2) is 6.53. The number of rotatable bonds is 5. The van der Waals surface area contributed by atoms with E-state index in [-0.39, 0.29) is 12.2 Å². The topological polar surface area (TPSA) is 81.0 Å². The van der Waals surface area contributed by atoms with Gasteiger partial charge in [0, 0.05) is 24.2 Å². The van der Waals surface area contributed by atoms with Crippen LogP contribution in [0.25, 0.3) is 0 Å². The largest absolute Gasteiger partial charge is 0.366 e. The maximum Gasteiger partial charge on any atom is 0.274 e. The van der Waals surface area contributed by atoms with Crippen LogP contribution in [0.2, 0.25) is 5.15 Å². The van der Waals surface area contributed by atoms with Gasteiger partial charge in [-0.25, -0.2) is 9.97 Å². The third-order valence-electron chi connectivity index (χ3n) is 2.51. The molecule has 8 heteroatoms. The van der Waals surface area contributed by atoms with Crippen molar-refractivity contribution in [2.45, 2.75) is 11.7 Å². The minimum absolute atomic E-state index is 0.0743. The van der Waals surface area contributed by atoms with Crippen molar-refractivity contribution in [1.29, 1.82) is 0 Å². The van der Waals surface area contributed by atoms with Gasteiger partial charge in [0.1, 0.15) is 11.0 Å². The van der Waals surface area contributed by atoms with Gasteiger partial charge in [-0.15, -0.1) is 0 Å². The van der Waals surface area contributed by atoms with E-state index in [1.807, 2.05) is 6.26 Å². The van der Waals surface area contributed by atoms with Crippen LogP contribution in [0.3, 0.4) is 0 Å². The number of nitrogens with zero attached hydrogens (tertiary/aromatic N) is 3. The third kappa shape index (κ3) is 3.58. The first-order valence-electron chi connectivity index (χ1n) is 5.65. The quantitative estimate of drug-likeness (QED) is 0.300. The van der Waals surface area contributed by atoms with Gasteiger partial charge in [0.25, 0.3) is 5.69 Å². The molecule has 1 heterocycles. The standard InChI is InChI=1S/C12H11ClN4O2S/c1-20-12-15-10(13)6-11(16-12)14-7-8-4-2-3-5-9(8)17(18)19/h2-6H,7H2,1H3,(H,14,15,16). The summed E-state index contributed by atoms with van der Waals surface area (Å²) in [6.45, 7) is 0.290. The van der Waals surface area contributed by atoms with Crippen molar-refractivity contribution in [3.8, 4) is 0 Å². The lowest BCUT2D eigenvalue weighted by molar-refractivity contribution is -0.385. The van der Waals surface area contributed by atoms with Crippen molar-refractivity contribution in [2.24, 2.45) is 0 Å². The van der Waals surface area contributed by atoms with E-state index in [4.69, 9.17) is 11.6 Å². The number of halogens is 1. The van der Waals surface area contributed by atoms with Crippen molar-refractivity contribution in [3.05, 3.63) is 51.2 Å². The van der Waals surface area contributed by atoms with E-state index >= 15 is 0 Å². The molecule has 1 aromatic carbocycles. The molecule has 20 heavy (non-hydrogen) atoms. The summed E-state index contributed by atoms with van der Waals surface area (Å²) in [5.41, 5.74) is 0.656. The fraction of sp³-hybridized carbons (Fsp3) is 0.167. The molecule has 0 spiro atoms. The van der Waals surface area contributed by atoms with Gasteiger partial charge in [-0.05, 0) is 6.26 Å². The molecule has 2 aromatic rings. The molecule has 0 aliphatic heterocycles. The van der Waals surface area contributed by atoms with Gasteiger partial charge in [0.05, 0.1) is 4.92 Å². The predicted octanol–water partition coefficient (Wildman–Crippen LogP) is 3.37. The molecule has 6 nitrogen and oxygen atoms in total. The van der Waals surface area contributed by atoms with Crippen LogP contribution in [0.1, 0.15) is 5.56 Å². The second-order valence-electron chi connectivity index (χ2n) is 3.80. The Morgan fingerprint density at radius 1 is 1.40 bits per heavy atom. The van der Waals surface area contributed by atoms with Crippen LogP contribution < -0.4 is 5.32 Å². The van der Waals surface area contributed by atoms with Crippen molar-refractivity contribution < 1.29 is 4.92 Å². The zero-order valence-electron chi connectivity index (χ0n) is 10.5. The zero-order chi connectivity index (χ0) is 14.5. The summed E-state index contributed by atoms with van der Waals surface area (Å²) in [6, 6.07) is 8.13. The Balaban J connectivity index is 2.17. The molecule has 104 valence electrons. The molecule has 0 fully saturated rings. The van der Waals surface area contributed by atoms with Gasteiger partial charge in [-0.3, -0.25) is 10.1 Å². The summed E-state index contributed by atoms with van der Waals surface area (Å²) in [7, 11) is 0. The average molecular weight is 311 g/mol. The number of hydrogen-bond donors (Lipinski definition) is 1. The normalized spacial score (nSPS) is 10.3. The molecule has 0 amide bonds. The lowest BCUT2D eigenvalue weighted by Gasteiger charge is -2.07. The van der Waals surface area contributed by atoms with Crippen molar-refractivity contribution >= 4 is 34.9 Å². The highest BCUT2D eigenvalue weighted by Gasteiger charge is 2.12. The van der Waals surface area contributed by atoms with Gasteiger partial charge in [0.15, 0.2) is 5.16 Å². The number of nitrogens with one attached hydrogen (secondary N) is 1. The van der Waals surface area contributed by atoms with Gasteiger partial charge in [0.2, 0.25) is 0 Å². The lowest BCUT2D eigenvalue weighted by atomic mass is 10.2. The van der Waals surface area contributed by atoms with Gasteiger partial charge >= 0.3 is 0 Å². The fourth-order valence-corrected chi connectivity index (χ4v) is 2.22. The van der Waals surface area contributed by atoms with Crippen LogP contribution >= 0.6 is 23.4 Å². The Morgan fingerprint density at radius 3 is 2.85 bits per heavy atom. The number of nitro benzene ring substituents is 1. The predicted molar refractivity (Wildman–Crippen MR) is 79.2 cm³/mol. The second-order valence-corrected chi connectivity index (χ2v) is 4.96. The van der Waals surface area contributed by atoms with Crippen LogP contribution in [0.5, 0.6) is 0 Å². The molecule has 2 rings (SSSR count). The molecular weight excluding hydrogens is 300 g/mol. The van der Waals surface area contributed by atoms with E-state index < -0.39 is 4.92 Å². The molecule has 0 unspecified atom stereocenters. The van der Waals surface area contributed by atoms with Crippen LogP contribution in [0.15, 0.2) is 35.5 Å². The van der Waals surface area contributed by atoms with Crippen molar-refractivity contribution in [3.63, 3.8) is 0 Å². The summed E-state index contributed by atoms with van der Waals surface area (Å²) >= 11 is 7.25. The van der Waals surface area contributed by atoms with Crippen LogP contribution in [0.4, 0.5) is 11.5 Å². The molecule has 0 aliphatic rings. The zero-order valence-corrected chi connectivity index (χ0v) is 12.1. The number of nitro groups is 1. The van der Waals surface area contributed by atoms with Crippen LogP contribution in [0, 0.1) is 10.1 Å². The first kappa shape index (κ1) is 14.5. The SMILES string of the molecule is CSc1nc(Cl)cc(NCc2ccccc2[N+](=O)[O-])n1. The van der Waals surface area contributed by atoms with E-state index in [9.17, 15) is 10.1 Å². The highest BCUT2D eigenvalue weighted by atomic mass is 35.5. The Bertz CT molecular complexity index is 639. The van der Waals surface area contributed by atoms with E-state index in [1.54, 1.807) is 24.3 Å². The molecule has 0 radical (unpaired) electrons.